The van der Waals surface area contributed by atoms with Gasteiger partial charge in [0.25, 0.3) is 0 Å². The lowest BCUT2D eigenvalue weighted by Gasteiger charge is -2.28. The molecule has 184 valence electrons. The van der Waals surface area contributed by atoms with E-state index in [-0.39, 0.29) is 6.03 Å². The highest BCUT2D eigenvalue weighted by Crippen LogP contribution is 2.26. The van der Waals surface area contributed by atoms with E-state index in [9.17, 15) is 10.1 Å². The van der Waals surface area contributed by atoms with E-state index >= 15 is 0 Å². The number of hydrogen-bond acceptors (Lipinski definition) is 8. The smallest absolute Gasteiger partial charge is 0.322 e. The molecule has 0 bridgehead atoms. The van der Waals surface area contributed by atoms with Gasteiger partial charge in [-0.15, -0.1) is 0 Å². The Labute approximate surface area is 209 Å². The van der Waals surface area contributed by atoms with Crippen molar-refractivity contribution in [1.29, 1.82) is 5.26 Å². The summed E-state index contributed by atoms with van der Waals surface area (Å²) in [5.74, 6) is 0.454. The Bertz CT molecular complexity index is 1250. The normalized spacial score (nSPS) is 15.8. The molecule has 2 aliphatic rings. The predicted octanol–water partition coefficient (Wildman–Crippen LogP) is 3.46. The summed E-state index contributed by atoms with van der Waals surface area (Å²) >= 11 is 0. The van der Waals surface area contributed by atoms with Crippen LogP contribution in [0.5, 0.6) is 0 Å². The van der Waals surface area contributed by atoms with Crippen LogP contribution in [0, 0.1) is 11.3 Å². The molecule has 2 N–H and O–H groups in total. The summed E-state index contributed by atoms with van der Waals surface area (Å²) in [6.45, 7) is 5.34. The maximum absolute atomic E-state index is 12.5. The van der Waals surface area contributed by atoms with E-state index in [2.05, 4.69) is 43.7 Å². The van der Waals surface area contributed by atoms with Crippen molar-refractivity contribution < 1.29 is 14.3 Å². The van der Waals surface area contributed by atoms with E-state index in [0.717, 1.165) is 43.2 Å². The van der Waals surface area contributed by atoms with Gasteiger partial charge in [0.1, 0.15) is 6.07 Å². The molecule has 3 aromatic rings. The Balaban J connectivity index is 1.28. The maximum atomic E-state index is 12.5. The molecule has 10 nitrogen and oxygen atoms in total. The Hall–Kier alpha value is -4.20. The van der Waals surface area contributed by atoms with Crippen LogP contribution in [0.4, 0.5) is 27.8 Å². The molecule has 2 aliphatic heterocycles. The molecule has 0 aliphatic carbocycles. The van der Waals surface area contributed by atoms with Gasteiger partial charge in [0.2, 0.25) is 5.95 Å². The predicted molar refractivity (Wildman–Crippen MR) is 136 cm³/mol. The monoisotopic (exact) mass is 485 g/mol. The summed E-state index contributed by atoms with van der Waals surface area (Å²) in [5, 5.41) is 15.8. The fraction of sp³-hybridized carbons (Fsp3) is 0.308. The van der Waals surface area contributed by atoms with E-state index < -0.39 is 0 Å². The van der Waals surface area contributed by atoms with Crippen LogP contribution in [0.2, 0.25) is 0 Å². The third kappa shape index (κ3) is 5.54. The summed E-state index contributed by atoms with van der Waals surface area (Å²) in [7, 11) is 0. The lowest BCUT2D eigenvalue weighted by Crippen LogP contribution is -2.43. The van der Waals surface area contributed by atoms with Gasteiger partial charge in [-0.3, -0.25) is 0 Å². The molecule has 1 aromatic heterocycles. The van der Waals surface area contributed by atoms with Crippen LogP contribution >= 0.6 is 0 Å². The van der Waals surface area contributed by atoms with Crippen molar-refractivity contribution in [3.63, 3.8) is 0 Å². The van der Waals surface area contributed by atoms with Crippen molar-refractivity contribution in [1.82, 2.24) is 14.9 Å². The van der Waals surface area contributed by atoms with Crippen LogP contribution < -0.4 is 15.5 Å². The Morgan fingerprint density at radius 2 is 1.67 bits per heavy atom. The second-order valence-electron chi connectivity index (χ2n) is 8.44. The highest BCUT2D eigenvalue weighted by atomic mass is 16.5. The third-order valence-corrected chi connectivity index (χ3v) is 6.13. The Morgan fingerprint density at radius 1 is 0.944 bits per heavy atom. The van der Waals surface area contributed by atoms with Gasteiger partial charge in [0.05, 0.1) is 43.4 Å². The van der Waals surface area contributed by atoms with E-state index in [1.807, 2.05) is 18.2 Å². The molecule has 36 heavy (non-hydrogen) atoms. The first-order chi connectivity index (χ1) is 17.7. The van der Waals surface area contributed by atoms with Crippen molar-refractivity contribution in [3.05, 3.63) is 60.3 Å². The fourth-order valence-electron chi connectivity index (χ4n) is 4.15. The van der Waals surface area contributed by atoms with Crippen LogP contribution in [0.1, 0.15) is 5.56 Å². The number of carbonyl (C=O) groups excluding carboxylic acids is 1. The Morgan fingerprint density at radius 3 is 2.39 bits per heavy atom. The number of ether oxygens (including phenoxy) is 2. The number of carbonyl (C=O) groups is 1. The first kappa shape index (κ1) is 23.5. The average Bonchev–Trinajstić information content (AvgIpc) is 2.95. The number of nitriles is 1. The minimum Gasteiger partial charge on any atom is -0.378 e. The molecule has 2 saturated heterocycles. The molecular weight excluding hydrogens is 458 g/mol. The summed E-state index contributed by atoms with van der Waals surface area (Å²) in [6, 6.07) is 17.1. The first-order valence-electron chi connectivity index (χ1n) is 11.9. The molecule has 0 atom stereocenters. The summed E-state index contributed by atoms with van der Waals surface area (Å²) < 4.78 is 10.7. The summed E-state index contributed by atoms with van der Waals surface area (Å²) in [4.78, 5) is 25.5. The Kier molecular flexibility index (Phi) is 7.21. The number of rotatable bonds is 5. The van der Waals surface area contributed by atoms with Crippen LogP contribution in [0.3, 0.4) is 0 Å². The SMILES string of the molecule is N#Cc1cc(-c2ccnc(Nc3ccc(N4CCOCC4)cc3)n2)ccc1NC(=O)N1CCOCC1. The summed E-state index contributed by atoms with van der Waals surface area (Å²) in [5.41, 5.74) is 4.28. The average molecular weight is 486 g/mol. The second kappa shape index (κ2) is 11.0. The molecule has 3 heterocycles. The van der Waals surface area contributed by atoms with Crippen LogP contribution in [0.25, 0.3) is 11.3 Å². The molecule has 2 aromatic carbocycles. The molecule has 0 unspecified atom stereocenters. The molecule has 0 saturated carbocycles. The van der Waals surface area contributed by atoms with E-state index in [1.54, 1.807) is 29.3 Å². The number of nitrogens with one attached hydrogen (secondary N) is 2. The molecule has 5 rings (SSSR count). The van der Waals surface area contributed by atoms with Gasteiger partial charge in [-0.25, -0.2) is 14.8 Å². The van der Waals surface area contributed by atoms with Gasteiger partial charge in [0, 0.05) is 49.3 Å². The number of morpholine rings is 2. The zero-order valence-corrected chi connectivity index (χ0v) is 19.8. The van der Waals surface area contributed by atoms with Crippen molar-refractivity contribution in [2.24, 2.45) is 0 Å². The number of urea groups is 1. The standard InChI is InChI=1S/C26H27N7O3/c27-18-20-17-19(1-6-23(20)31-26(34)33-11-15-36-16-12-33)24-7-8-28-25(30-24)29-21-2-4-22(5-3-21)32-9-13-35-14-10-32/h1-8,17H,9-16H2,(H,31,34)(H,28,29,30). The van der Waals surface area contributed by atoms with E-state index in [1.165, 1.54) is 0 Å². The fourth-order valence-corrected chi connectivity index (χ4v) is 4.15. The number of amides is 2. The minimum atomic E-state index is -0.240. The van der Waals surface area contributed by atoms with Crippen LogP contribution in [0.15, 0.2) is 54.7 Å². The topological polar surface area (TPSA) is 116 Å². The van der Waals surface area contributed by atoms with E-state index in [4.69, 9.17) is 9.47 Å². The molecule has 10 heteroatoms. The molecule has 0 radical (unpaired) electrons. The molecule has 2 fully saturated rings. The van der Waals surface area contributed by atoms with Gasteiger partial charge < -0.3 is 29.9 Å². The highest BCUT2D eigenvalue weighted by Gasteiger charge is 2.18. The van der Waals surface area contributed by atoms with Crippen molar-refractivity contribution in [2.75, 3.05) is 68.1 Å². The van der Waals surface area contributed by atoms with Crippen molar-refractivity contribution >= 4 is 29.0 Å². The van der Waals surface area contributed by atoms with E-state index in [0.29, 0.717) is 49.2 Å². The van der Waals surface area contributed by atoms with Gasteiger partial charge in [-0.1, -0.05) is 6.07 Å². The maximum Gasteiger partial charge on any atom is 0.322 e. The number of nitrogens with zero attached hydrogens (tertiary/aromatic N) is 5. The number of benzene rings is 2. The number of anilines is 4. The lowest BCUT2D eigenvalue weighted by molar-refractivity contribution is 0.0564. The van der Waals surface area contributed by atoms with Crippen molar-refractivity contribution in [2.45, 2.75) is 0 Å². The van der Waals surface area contributed by atoms with Crippen molar-refractivity contribution in [3.8, 4) is 17.3 Å². The minimum absolute atomic E-state index is 0.240. The van der Waals surface area contributed by atoms with Gasteiger partial charge in [-0.05, 0) is 42.5 Å². The van der Waals surface area contributed by atoms with Crippen LogP contribution in [-0.4, -0.2) is 73.5 Å². The largest absolute Gasteiger partial charge is 0.378 e. The zero-order valence-electron chi connectivity index (χ0n) is 19.8. The van der Waals surface area contributed by atoms with Crippen LogP contribution in [-0.2, 0) is 9.47 Å². The van der Waals surface area contributed by atoms with Gasteiger partial charge in [0.15, 0.2) is 0 Å². The zero-order chi connectivity index (χ0) is 24.7. The molecular formula is C26H27N7O3. The molecule has 0 spiro atoms. The highest BCUT2D eigenvalue weighted by molar-refractivity contribution is 5.91. The second-order valence-corrected chi connectivity index (χ2v) is 8.44. The molecule has 2 amide bonds. The quantitative estimate of drug-likeness (QED) is 0.565. The van der Waals surface area contributed by atoms with Gasteiger partial charge >= 0.3 is 6.03 Å². The number of aromatic nitrogens is 2. The lowest BCUT2D eigenvalue weighted by atomic mass is 10.1. The number of hydrogen-bond donors (Lipinski definition) is 2. The third-order valence-electron chi connectivity index (χ3n) is 6.13. The van der Waals surface area contributed by atoms with Gasteiger partial charge in [-0.2, -0.15) is 5.26 Å². The first-order valence-corrected chi connectivity index (χ1v) is 11.9. The summed E-state index contributed by atoms with van der Waals surface area (Å²) in [6.07, 6.45) is 1.67.